The molecule has 104 valence electrons. The Bertz CT molecular complexity index is 617. The zero-order valence-electron chi connectivity index (χ0n) is 12.0. The van der Waals surface area contributed by atoms with Crippen LogP contribution >= 0.6 is 11.8 Å². The van der Waals surface area contributed by atoms with Gasteiger partial charge in [-0.25, -0.2) is 0 Å². The van der Waals surface area contributed by atoms with E-state index in [2.05, 4.69) is 49.1 Å². The van der Waals surface area contributed by atoms with Crippen LogP contribution in [-0.4, -0.2) is 12.3 Å². The number of thioether (sulfide) groups is 1. The van der Waals surface area contributed by atoms with Gasteiger partial charge in [-0.1, -0.05) is 29.3 Å². The first-order valence-electron chi connectivity index (χ1n) is 6.96. The summed E-state index contributed by atoms with van der Waals surface area (Å²) < 4.78 is 0. The average molecular weight is 284 g/mol. The third-order valence-electron chi connectivity index (χ3n) is 3.60. The van der Waals surface area contributed by atoms with E-state index in [1.165, 1.54) is 27.3 Å². The molecule has 0 radical (unpaired) electrons. The summed E-state index contributed by atoms with van der Waals surface area (Å²) in [7, 11) is 0. The van der Waals surface area contributed by atoms with Gasteiger partial charge >= 0.3 is 0 Å². The van der Waals surface area contributed by atoms with Crippen molar-refractivity contribution in [3.63, 3.8) is 0 Å². The minimum atomic E-state index is 0.844. The SMILES string of the molecule is Cc1cc(C)cc(CN2CCSc3ccc(N)cc32)c1. The minimum absolute atomic E-state index is 0.844. The van der Waals surface area contributed by atoms with Crippen LogP contribution in [0.25, 0.3) is 0 Å². The lowest BCUT2D eigenvalue weighted by atomic mass is 10.1. The lowest BCUT2D eigenvalue weighted by molar-refractivity contribution is 0.816. The Morgan fingerprint density at radius 3 is 2.60 bits per heavy atom. The summed E-state index contributed by atoms with van der Waals surface area (Å²) in [5.74, 6) is 1.14. The van der Waals surface area contributed by atoms with Crippen molar-refractivity contribution in [1.82, 2.24) is 0 Å². The smallest absolute Gasteiger partial charge is 0.0528 e. The lowest BCUT2D eigenvalue weighted by Gasteiger charge is -2.31. The van der Waals surface area contributed by atoms with Gasteiger partial charge in [0.25, 0.3) is 0 Å². The van der Waals surface area contributed by atoms with Crippen LogP contribution < -0.4 is 10.6 Å². The molecular formula is C17H20N2S. The molecule has 0 saturated heterocycles. The second kappa shape index (κ2) is 5.41. The van der Waals surface area contributed by atoms with Crippen LogP contribution in [0.2, 0.25) is 0 Å². The maximum Gasteiger partial charge on any atom is 0.0528 e. The monoisotopic (exact) mass is 284 g/mol. The molecule has 2 aromatic rings. The second-order valence-corrected chi connectivity index (χ2v) is 6.63. The van der Waals surface area contributed by atoms with Crippen LogP contribution in [0, 0.1) is 13.8 Å². The van der Waals surface area contributed by atoms with Crippen LogP contribution in [0.5, 0.6) is 0 Å². The second-order valence-electron chi connectivity index (χ2n) is 5.49. The molecule has 2 aromatic carbocycles. The van der Waals surface area contributed by atoms with E-state index in [0.29, 0.717) is 0 Å². The first kappa shape index (κ1) is 13.4. The zero-order valence-corrected chi connectivity index (χ0v) is 12.8. The molecule has 0 bridgehead atoms. The van der Waals surface area contributed by atoms with E-state index < -0.39 is 0 Å². The number of nitrogens with zero attached hydrogens (tertiary/aromatic N) is 1. The molecule has 0 atom stereocenters. The number of nitrogens with two attached hydrogens (primary N) is 1. The van der Waals surface area contributed by atoms with E-state index in [0.717, 1.165) is 24.5 Å². The van der Waals surface area contributed by atoms with Gasteiger partial charge in [-0.3, -0.25) is 0 Å². The van der Waals surface area contributed by atoms with E-state index in [-0.39, 0.29) is 0 Å². The van der Waals surface area contributed by atoms with Gasteiger partial charge in [0.2, 0.25) is 0 Å². The van der Waals surface area contributed by atoms with E-state index in [4.69, 9.17) is 5.73 Å². The van der Waals surface area contributed by atoms with Crippen LogP contribution in [-0.2, 0) is 6.54 Å². The van der Waals surface area contributed by atoms with Crippen LogP contribution in [0.15, 0.2) is 41.3 Å². The summed E-state index contributed by atoms with van der Waals surface area (Å²) in [6.07, 6.45) is 0. The first-order valence-corrected chi connectivity index (χ1v) is 7.95. The lowest BCUT2D eigenvalue weighted by Crippen LogP contribution is -2.28. The van der Waals surface area contributed by atoms with Gasteiger partial charge in [-0.05, 0) is 37.6 Å². The van der Waals surface area contributed by atoms with Crippen molar-refractivity contribution in [1.29, 1.82) is 0 Å². The van der Waals surface area contributed by atoms with Gasteiger partial charge < -0.3 is 10.6 Å². The molecule has 1 heterocycles. The standard InChI is InChI=1S/C17H20N2S/c1-12-7-13(2)9-14(8-12)11-19-5-6-20-17-4-3-15(18)10-16(17)19/h3-4,7-10H,5-6,11,18H2,1-2H3. The van der Waals surface area contributed by atoms with Crippen molar-refractivity contribution in [2.24, 2.45) is 0 Å². The molecule has 1 aliphatic rings. The molecule has 1 aliphatic heterocycles. The molecule has 20 heavy (non-hydrogen) atoms. The van der Waals surface area contributed by atoms with Gasteiger partial charge in [0.1, 0.15) is 0 Å². The van der Waals surface area contributed by atoms with E-state index in [9.17, 15) is 0 Å². The Kier molecular flexibility index (Phi) is 3.62. The fourth-order valence-electron chi connectivity index (χ4n) is 2.83. The first-order chi connectivity index (χ1) is 9.61. The Labute approximate surface area is 125 Å². The predicted molar refractivity (Wildman–Crippen MR) is 88.5 cm³/mol. The number of aryl methyl sites for hydroxylation is 2. The number of anilines is 2. The summed E-state index contributed by atoms with van der Waals surface area (Å²) in [4.78, 5) is 3.78. The van der Waals surface area contributed by atoms with Gasteiger partial charge in [-0.15, -0.1) is 11.8 Å². The Morgan fingerprint density at radius 2 is 1.85 bits per heavy atom. The van der Waals surface area contributed by atoms with Crippen molar-refractivity contribution < 1.29 is 0 Å². The Morgan fingerprint density at radius 1 is 1.10 bits per heavy atom. The van der Waals surface area contributed by atoms with Crippen molar-refractivity contribution in [3.05, 3.63) is 53.1 Å². The minimum Gasteiger partial charge on any atom is -0.399 e. The highest BCUT2D eigenvalue weighted by molar-refractivity contribution is 7.99. The molecule has 0 unspecified atom stereocenters. The number of hydrogen-bond donors (Lipinski definition) is 1. The molecule has 0 aromatic heterocycles. The van der Waals surface area contributed by atoms with Crippen molar-refractivity contribution in [2.75, 3.05) is 22.9 Å². The summed E-state index contributed by atoms with van der Waals surface area (Å²) >= 11 is 1.92. The van der Waals surface area contributed by atoms with Crippen molar-refractivity contribution in [2.45, 2.75) is 25.3 Å². The Balaban J connectivity index is 1.91. The highest BCUT2D eigenvalue weighted by atomic mass is 32.2. The summed E-state index contributed by atoms with van der Waals surface area (Å²) in [6.45, 7) is 6.36. The highest BCUT2D eigenvalue weighted by Gasteiger charge is 2.17. The largest absolute Gasteiger partial charge is 0.399 e. The van der Waals surface area contributed by atoms with Gasteiger partial charge in [0, 0.05) is 29.4 Å². The number of fused-ring (bicyclic) bond motifs is 1. The fourth-order valence-corrected chi connectivity index (χ4v) is 3.87. The zero-order chi connectivity index (χ0) is 14.1. The molecule has 0 aliphatic carbocycles. The normalized spacial score (nSPS) is 14.2. The molecule has 2 N–H and O–H groups in total. The molecule has 0 amide bonds. The average Bonchev–Trinajstić information content (AvgIpc) is 2.38. The number of benzene rings is 2. The fraction of sp³-hybridized carbons (Fsp3) is 0.294. The third kappa shape index (κ3) is 2.78. The molecule has 3 heteroatoms. The number of rotatable bonds is 2. The van der Waals surface area contributed by atoms with Gasteiger partial charge in [0.05, 0.1) is 5.69 Å². The van der Waals surface area contributed by atoms with E-state index >= 15 is 0 Å². The van der Waals surface area contributed by atoms with Crippen LogP contribution in [0.4, 0.5) is 11.4 Å². The molecular weight excluding hydrogens is 264 g/mol. The molecule has 0 spiro atoms. The van der Waals surface area contributed by atoms with Gasteiger partial charge in [-0.2, -0.15) is 0 Å². The van der Waals surface area contributed by atoms with E-state index in [1.54, 1.807) is 0 Å². The van der Waals surface area contributed by atoms with Crippen LogP contribution in [0.1, 0.15) is 16.7 Å². The van der Waals surface area contributed by atoms with Crippen LogP contribution in [0.3, 0.4) is 0 Å². The van der Waals surface area contributed by atoms with Crippen molar-refractivity contribution in [3.8, 4) is 0 Å². The number of hydrogen-bond acceptors (Lipinski definition) is 3. The molecule has 0 fully saturated rings. The number of nitrogen functional groups attached to an aromatic ring is 1. The predicted octanol–water partition coefficient (Wildman–Crippen LogP) is 4.00. The maximum absolute atomic E-state index is 5.95. The molecule has 3 rings (SSSR count). The summed E-state index contributed by atoms with van der Waals surface area (Å²) in [5, 5.41) is 0. The van der Waals surface area contributed by atoms with Crippen molar-refractivity contribution >= 4 is 23.1 Å². The van der Waals surface area contributed by atoms with Gasteiger partial charge in [0.15, 0.2) is 0 Å². The van der Waals surface area contributed by atoms with E-state index in [1.807, 2.05) is 17.8 Å². The quantitative estimate of drug-likeness (QED) is 0.845. The summed E-state index contributed by atoms with van der Waals surface area (Å²) in [5.41, 5.74) is 12.1. The highest BCUT2D eigenvalue weighted by Crippen LogP contribution is 2.36. The topological polar surface area (TPSA) is 29.3 Å². The molecule has 0 saturated carbocycles. The summed E-state index contributed by atoms with van der Waals surface area (Å²) in [6, 6.07) is 13.0. The molecule has 2 nitrogen and oxygen atoms in total. The third-order valence-corrected chi connectivity index (χ3v) is 4.64. The maximum atomic E-state index is 5.95. The Hall–Kier alpha value is -1.61.